The molecule has 0 radical (unpaired) electrons. The Bertz CT molecular complexity index is 928. The standard InChI is InChI=1S/C18H18Cl2FNO3S/c1-10(2)26(24,25)13-6-4-12(5-7-13)18(23)22-11(3)14-8-17(21)16(20)9-15(14)19/h4-11H,1-3H3,(H,22,23). The van der Waals surface area contributed by atoms with Gasteiger partial charge < -0.3 is 5.32 Å². The van der Waals surface area contributed by atoms with Gasteiger partial charge >= 0.3 is 0 Å². The van der Waals surface area contributed by atoms with Crippen molar-refractivity contribution >= 4 is 38.9 Å². The lowest BCUT2D eigenvalue weighted by molar-refractivity contribution is 0.0939. The second-order valence-corrected chi connectivity index (χ2v) is 9.42. The first kappa shape index (κ1) is 20.7. The summed E-state index contributed by atoms with van der Waals surface area (Å²) in [7, 11) is -3.40. The zero-order valence-electron chi connectivity index (χ0n) is 14.4. The normalized spacial score (nSPS) is 12.9. The molecule has 2 aromatic carbocycles. The van der Waals surface area contributed by atoms with Crippen LogP contribution in [0.4, 0.5) is 4.39 Å². The predicted octanol–water partition coefficient (Wildman–Crippen LogP) is 4.81. The Labute approximate surface area is 162 Å². The maximum atomic E-state index is 13.6. The minimum Gasteiger partial charge on any atom is -0.345 e. The summed E-state index contributed by atoms with van der Waals surface area (Å²) in [6.45, 7) is 4.84. The maximum Gasteiger partial charge on any atom is 0.251 e. The van der Waals surface area contributed by atoms with Crippen LogP contribution < -0.4 is 5.32 Å². The van der Waals surface area contributed by atoms with Crippen LogP contribution in [0.3, 0.4) is 0 Å². The summed E-state index contributed by atoms with van der Waals surface area (Å²) in [5.74, 6) is -1.06. The highest BCUT2D eigenvalue weighted by molar-refractivity contribution is 7.92. The van der Waals surface area contributed by atoms with Crippen LogP contribution in [0.15, 0.2) is 41.3 Å². The average molecular weight is 418 g/mol. The van der Waals surface area contributed by atoms with Crippen LogP contribution in [0.1, 0.15) is 42.7 Å². The van der Waals surface area contributed by atoms with Crippen LogP contribution in [-0.4, -0.2) is 19.6 Å². The van der Waals surface area contributed by atoms with Gasteiger partial charge in [0.05, 0.1) is 21.2 Å². The molecule has 1 atom stereocenters. The number of nitrogens with one attached hydrogen (secondary N) is 1. The molecule has 0 aromatic heterocycles. The summed E-state index contributed by atoms with van der Waals surface area (Å²) in [6, 6.07) is 7.53. The summed E-state index contributed by atoms with van der Waals surface area (Å²) >= 11 is 11.7. The van der Waals surface area contributed by atoms with Crippen molar-refractivity contribution in [3.05, 3.63) is 63.4 Å². The van der Waals surface area contributed by atoms with Gasteiger partial charge in [-0.2, -0.15) is 0 Å². The second-order valence-electron chi connectivity index (χ2n) is 6.10. The molecule has 0 bridgehead atoms. The van der Waals surface area contributed by atoms with Crippen molar-refractivity contribution in [1.82, 2.24) is 5.32 Å². The van der Waals surface area contributed by atoms with Crippen LogP contribution in [0.25, 0.3) is 0 Å². The maximum absolute atomic E-state index is 13.6. The molecule has 2 rings (SSSR count). The molecule has 8 heteroatoms. The third-order valence-electron chi connectivity index (χ3n) is 3.92. The Kier molecular flexibility index (Phi) is 6.32. The molecule has 0 aliphatic carbocycles. The van der Waals surface area contributed by atoms with E-state index in [0.717, 1.165) is 0 Å². The Balaban J connectivity index is 2.19. The number of halogens is 3. The fourth-order valence-corrected chi connectivity index (χ4v) is 3.90. The van der Waals surface area contributed by atoms with Crippen molar-refractivity contribution in [1.29, 1.82) is 0 Å². The van der Waals surface area contributed by atoms with Crippen molar-refractivity contribution in [2.75, 3.05) is 0 Å². The summed E-state index contributed by atoms with van der Waals surface area (Å²) in [5, 5.41) is 2.29. The van der Waals surface area contributed by atoms with E-state index in [1.165, 1.54) is 36.4 Å². The van der Waals surface area contributed by atoms with E-state index in [9.17, 15) is 17.6 Å². The number of rotatable bonds is 5. The van der Waals surface area contributed by atoms with Gasteiger partial charge in [-0.3, -0.25) is 4.79 Å². The van der Waals surface area contributed by atoms with E-state index >= 15 is 0 Å². The average Bonchev–Trinajstić information content (AvgIpc) is 2.57. The van der Waals surface area contributed by atoms with Crippen LogP contribution in [0, 0.1) is 5.82 Å². The number of carbonyl (C=O) groups is 1. The highest BCUT2D eigenvalue weighted by Crippen LogP contribution is 2.28. The molecule has 0 fully saturated rings. The number of sulfone groups is 1. The minimum atomic E-state index is -3.40. The van der Waals surface area contributed by atoms with Crippen LogP contribution >= 0.6 is 23.2 Å². The zero-order valence-corrected chi connectivity index (χ0v) is 16.7. The fraction of sp³-hybridized carbons (Fsp3) is 0.278. The Hall–Kier alpha value is -1.63. The van der Waals surface area contributed by atoms with E-state index < -0.39 is 32.9 Å². The van der Waals surface area contributed by atoms with Crippen molar-refractivity contribution in [3.63, 3.8) is 0 Å². The minimum absolute atomic E-state index is 0.0979. The Morgan fingerprint density at radius 3 is 2.15 bits per heavy atom. The number of hydrogen-bond acceptors (Lipinski definition) is 3. The quantitative estimate of drug-likeness (QED) is 0.710. The Morgan fingerprint density at radius 2 is 1.62 bits per heavy atom. The number of hydrogen-bond donors (Lipinski definition) is 1. The zero-order chi connectivity index (χ0) is 19.6. The molecule has 0 saturated heterocycles. The molecule has 140 valence electrons. The molecule has 0 heterocycles. The summed E-state index contributed by atoms with van der Waals surface area (Å²) in [4.78, 5) is 12.5. The SMILES string of the molecule is CC(NC(=O)c1ccc(S(=O)(=O)C(C)C)cc1)c1cc(F)c(Cl)cc1Cl. The van der Waals surface area contributed by atoms with E-state index in [1.54, 1.807) is 20.8 Å². The van der Waals surface area contributed by atoms with Gasteiger partial charge in [0, 0.05) is 10.6 Å². The number of carbonyl (C=O) groups excluding carboxylic acids is 1. The van der Waals surface area contributed by atoms with Crippen molar-refractivity contribution in [2.45, 2.75) is 37.0 Å². The summed E-state index contributed by atoms with van der Waals surface area (Å²) < 4.78 is 37.9. The molecule has 4 nitrogen and oxygen atoms in total. The van der Waals surface area contributed by atoms with E-state index in [-0.39, 0.29) is 20.5 Å². The van der Waals surface area contributed by atoms with E-state index in [2.05, 4.69) is 5.32 Å². The molecular formula is C18H18Cl2FNO3S. The van der Waals surface area contributed by atoms with E-state index in [0.29, 0.717) is 5.56 Å². The predicted molar refractivity (Wildman–Crippen MR) is 101 cm³/mol. The van der Waals surface area contributed by atoms with Crippen LogP contribution in [0.5, 0.6) is 0 Å². The molecule has 2 aromatic rings. The monoisotopic (exact) mass is 417 g/mol. The van der Waals surface area contributed by atoms with Gasteiger partial charge in [-0.05, 0) is 62.7 Å². The van der Waals surface area contributed by atoms with Crippen molar-refractivity contribution < 1.29 is 17.6 Å². The third-order valence-corrected chi connectivity index (χ3v) is 6.71. The lowest BCUT2D eigenvalue weighted by Gasteiger charge is -2.16. The smallest absolute Gasteiger partial charge is 0.251 e. The molecule has 26 heavy (non-hydrogen) atoms. The summed E-state index contributed by atoms with van der Waals surface area (Å²) in [5.41, 5.74) is 0.672. The van der Waals surface area contributed by atoms with Gasteiger partial charge in [-0.1, -0.05) is 23.2 Å². The Morgan fingerprint density at radius 1 is 1.04 bits per heavy atom. The topological polar surface area (TPSA) is 63.2 Å². The lowest BCUT2D eigenvalue weighted by atomic mass is 10.1. The number of amides is 1. The molecule has 1 N–H and O–H groups in total. The van der Waals surface area contributed by atoms with Gasteiger partial charge in [0.2, 0.25) is 0 Å². The first-order valence-corrected chi connectivity index (χ1v) is 10.1. The molecule has 0 saturated carbocycles. The second kappa shape index (κ2) is 7.94. The first-order chi connectivity index (χ1) is 12.0. The van der Waals surface area contributed by atoms with Gasteiger partial charge in [0.1, 0.15) is 5.82 Å². The molecule has 1 unspecified atom stereocenters. The van der Waals surface area contributed by atoms with E-state index in [4.69, 9.17) is 23.2 Å². The first-order valence-electron chi connectivity index (χ1n) is 7.83. The molecule has 0 aliphatic heterocycles. The molecular weight excluding hydrogens is 400 g/mol. The largest absolute Gasteiger partial charge is 0.345 e. The van der Waals surface area contributed by atoms with Gasteiger partial charge in [0.15, 0.2) is 9.84 Å². The van der Waals surface area contributed by atoms with Crippen LogP contribution in [0.2, 0.25) is 10.0 Å². The highest BCUT2D eigenvalue weighted by Gasteiger charge is 2.20. The number of benzene rings is 2. The van der Waals surface area contributed by atoms with Crippen LogP contribution in [-0.2, 0) is 9.84 Å². The van der Waals surface area contributed by atoms with Crippen molar-refractivity contribution in [2.24, 2.45) is 0 Å². The molecule has 0 spiro atoms. The van der Waals surface area contributed by atoms with Gasteiger partial charge in [0.25, 0.3) is 5.91 Å². The fourth-order valence-electron chi connectivity index (χ4n) is 2.30. The van der Waals surface area contributed by atoms with Crippen molar-refractivity contribution in [3.8, 4) is 0 Å². The summed E-state index contributed by atoms with van der Waals surface area (Å²) in [6.07, 6.45) is 0. The van der Waals surface area contributed by atoms with E-state index in [1.807, 2.05) is 0 Å². The molecule has 0 aliphatic rings. The third kappa shape index (κ3) is 4.37. The molecule has 1 amide bonds. The lowest BCUT2D eigenvalue weighted by Crippen LogP contribution is -2.27. The van der Waals surface area contributed by atoms with Gasteiger partial charge in [-0.25, -0.2) is 12.8 Å². The highest BCUT2D eigenvalue weighted by atomic mass is 35.5. The van der Waals surface area contributed by atoms with Gasteiger partial charge in [-0.15, -0.1) is 0 Å².